The summed E-state index contributed by atoms with van der Waals surface area (Å²) in [6.45, 7) is 0. The van der Waals surface area contributed by atoms with Gasteiger partial charge in [0.05, 0.1) is 27.5 Å². The zero-order chi connectivity index (χ0) is 18.4. The molecule has 10 nitrogen and oxygen atoms in total. The van der Waals surface area contributed by atoms with Gasteiger partial charge in [-0.05, 0) is 24.1 Å². The van der Waals surface area contributed by atoms with E-state index >= 15 is 0 Å². The number of benzene rings is 1. The SMILES string of the molecule is N#Cc1ccc(CCC(=O)Nc2ncc([N+](=O)[O-])cc2[N+](=O)[O-])cc1. The lowest BCUT2D eigenvalue weighted by Crippen LogP contribution is -2.15. The topological polar surface area (TPSA) is 152 Å². The van der Waals surface area contributed by atoms with E-state index in [1.807, 2.05) is 6.07 Å². The number of aryl methyl sites for hydroxylation is 1. The van der Waals surface area contributed by atoms with E-state index in [1.165, 1.54) is 0 Å². The Morgan fingerprint density at radius 2 is 1.88 bits per heavy atom. The molecule has 0 aliphatic rings. The van der Waals surface area contributed by atoms with Crippen molar-refractivity contribution in [2.24, 2.45) is 0 Å². The summed E-state index contributed by atoms with van der Waals surface area (Å²) in [4.78, 5) is 35.5. The summed E-state index contributed by atoms with van der Waals surface area (Å²) in [5, 5.41) is 32.6. The van der Waals surface area contributed by atoms with Gasteiger partial charge in [-0.3, -0.25) is 25.0 Å². The maximum atomic E-state index is 11.9. The first-order valence-electron chi connectivity index (χ1n) is 6.98. The molecule has 0 aliphatic heterocycles. The van der Waals surface area contributed by atoms with Crippen LogP contribution in [0, 0.1) is 31.6 Å². The van der Waals surface area contributed by atoms with Crippen LogP contribution >= 0.6 is 0 Å². The average molecular weight is 341 g/mol. The zero-order valence-corrected chi connectivity index (χ0v) is 12.7. The van der Waals surface area contributed by atoms with Crippen molar-refractivity contribution in [2.45, 2.75) is 12.8 Å². The number of hydrogen-bond donors (Lipinski definition) is 1. The number of amides is 1. The summed E-state index contributed by atoms with van der Waals surface area (Å²) in [7, 11) is 0. The van der Waals surface area contributed by atoms with E-state index < -0.39 is 27.1 Å². The molecule has 0 unspecified atom stereocenters. The lowest BCUT2D eigenvalue weighted by Gasteiger charge is -2.05. The van der Waals surface area contributed by atoms with Crippen molar-refractivity contribution in [1.29, 1.82) is 5.26 Å². The molecule has 1 aromatic carbocycles. The van der Waals surface area contributed by atoms with Crippen molar-refractivity contribution in [3.8, 4) is 6.07 Å². The van der Waals surface area contributed by atoms with Gasteiger partial charge in [0.2, 0.25) is 11.7 Å². The number of nitrogens with zero attached hydrogens (tertiary/aromatic N) is 4. The van der Waals surface area contributed by atoms with E-state index in [-0.39, 0.29) is 12.2 Å². The van der Waals surface area contributed by atoms with Gasteiger partial charge in [-0.2, -0.15) is 5.26 Å². The van der Waals surface area contributed by atoms with Crippen LogP contribution in [-0.2, 0) is 11.2 Å². The number of nitriles is 1. The molecule has 10 heteroatoms. The highest BCUT2D eigenvalue weighted by Crippen LogP contribution is 2.26. The molecule has 1 heterocycles. The number of hydrogen-bond acceptors (Lipinski definition) is 7. The predicted molar refractivity (Wildman–Crippen MR) is 85.7 cm³/mol. The highest BCUT2D eigenvalue weighted by Gasteiger charge is 2.22. The largest absolute Gasteiger partial charge is 0.318 e. The van der Waals surface area contributed by atoms with Crippen molar-refractivity contribution in [2.75, 3.05) is 5.32 Å². The van der Waals surface area contributed by atoms with Crippen molar-refractivity contribution in [1.82, 2.24) is 4.98 Å². The number of rotatable bonds is 6. The van der Waals surface area contributed by atoms with Gasteiger partial charge in [-0.25, -0.2) is 4.98 Å². The third-order valence-corrected chi connectivity index (χ3v) is 3.24. The van der Waals surface area contributed by atoms with Crippen LogP contribution in [0.5, 0.6) is 0 Å². The second-order valence-electron chi connectivity index (χ2n) is 4.93. The van der Waals surface area contributed by atoms with E-state index in [1.54, 1.807) is 24.3 Å². The molecule has 0 spiro atoms. The van der Waals surface area contributed by atoms with E-state index in [9.17, 15) is 25.0 Å². The molecule has 0 radical (unpaired) electrons. The molecule has 0 atom stereocenters. The number of pyridine rings is 1. The maximum Gasteiger partial charge on any atom is 0.318 e. The van der Waals surface area contributed by atoms with E-state index in [2.05, 4.69) is 10.3 Å². The average Bonchev–Trinajstić information content (AvgIpc) is 2.60. The first-order chi connectivity index (χ1) is 11.9. The molecule has 2 rings (SSSR count). The van der Waals surface area contributed by atoms with Crippen LogP contribution in [0.1, 0.15) is 17.5 Å². The first kappa shape index (κ1) is 17.5. The number of carbonyl (C=O) groups excluding carboxylic acids is 1. The molecule has 1 amide bonds. The Morgan fingerprint density at radius 1 is 1.20 bits per heavy atom. The molecule has 0 fully saturated rings. The zero-order valence-electron chi connectivity index (χ0n) is 12.7. The summed E-state index contributed by atoms with van der Waals surface area (Å²) in [6, 6.07) is 9.38. The lowest BCUT2D eigenvalue weighted by molar-refractivity contribution is -0.394. The second-order valence-corrected chi connectivity index (χ2v) is 4.93. The predicted octanol–water partition coefficient (Wildman–Crippen LogP) is 2.34. The highest BCUT2D eigenvalue weighted by atomic mass is 16.6. The van der Waals surface area contributed by atoms with Crippen molar-refractivity contribution in [3.63, 3.8) is 0 Å². The van der Waals surface area contributed by atoms with Gasteiger partial charge in [-0.15, -0.1) is 0 Å². The Morgan fingerprint density at radius 3 is 2.44 bits per heavy atom. The van der Waals surface area contributed by atoms with Crippen LogP contribution < -0.4 is 5.32 Å². The van der Waals surface area contributed by atoms with Gasteiger partial charge in [0.15, 0.2) is 0 Å². The number of nitro groups is 2. The van der Waals surface area contributed by atoms with E-state index in [0.717, 1.165) is 17.8 Å². The Balaban J connectivity index is 2.05. The fourth-order valence-electron chi connectivity index (χ4n) is 1.98. The van der Waals surface area contributed by atoms with Gasteiger partial charge in [-0.1, -0.05) is 12.1 Å². The Labute approximate surface area is 141 Å². The molecule has 0 saturated heterocycles. The molecule has 25 heavy (non-hydrogen) atoms. The minimum Gasteiger partial charge on any atom is -0.305 e. The van der Waals surface area contributed by atoms with Crippen LogP contribution in [0.25, 0.3) is 0 Å². The molecular formula is C15H11N5O5. The minimum absolute atomic E-state index is 0.0295. The van der Waals surface area contributed by atoms with Gasteiger partial charge in [0, 0.05) is 6.42 Å². The normalized spacial score (nSPS) is 9.88. The molecule has 2 aromatic rings. The van der Waals surface area contributed by atoms with Crippen molar-refractivity contribution in [3.05, 3.63) is 67.9 Å². The van der Waals surface area contributed by atoms with Crippen LogP contribution in [0.2, 0.25) is 0 Å². The molecule has 1 aromatic heterocycles. The number of aromatic nitrogens is 1. The van der Waals surface area contributed by atoms with Crippen molar-refractivity contribution >= 4 is 23.1 Å². The summed E-state index contributed by atoms with van der Waals surface area (Å²) in [5.74, 6) is -0.866. The van der Waals surface area contributed by atoms with E-state index in [0.29, 0.717) is 12.0 Å². The van der Waals surface area contributed by atoms with Crippen LogP contribution in [0.15, 0.2) is 36.5 Å². The summed E-state index contributed by atoms with van der Waals surface area (Å²) < 4.78 is 0. The fourth-order valence-corrected chi connectivity index (χ4v) is 1.98. The van der Waals surface area contributed by atoms with Gasteiger partial charge in [0.1, 0.15) is 6.20 Å². The van der Waals surface area contributed by atoms with Crippen LogP contribution in [0.3, 0.4) is 0 Å². The first-order valence-corrected chi connectivity index (χ1v) is 6.98. The number of nitrogens with one attached hydrogen (secondary N) is 1. The molecule has 1 N–H and O–H groups in total. The summed E-state index contributed by atoms with van der Waals surface area (Å²) in [6.07, 6.45) is 1.23. The Kier molecular flexibility index (Phi) is 5.32. The lowest BCUT2D eigenvalue weighted by atomic mass is 10.1. The number of anilines is 1. The molecule has 0 saturated carbocycles. The van der Waals surface area contributed by atoms with Gasteiger partial charge in [0.25, 0.3) is 5.69 Å². The summed E-state index contributed by atoms with van der Waals surface area (Å²) in [5.41, 5.74) is 0.127. The molecule has 126 valence electrons. The monoisotopic (exact) mass is 341 g/mol. The third-order valence-electron chi connectivity index (χ3n) is 3.24. The van der Waals surface area contributed by atoms with Crippen LogP contribution in [-0.4, -0.2) is 20.7 Å². The fraction of sp³-hybridized carbons (Fsp3) is 0.133. The van der Waals surface area contributed by atoms with Gasteiger partial charge < -0.3 is 5.32 Å². The van der Waals surface area contributed by atoms with Gasteiger partial charge >= 0.3 is 5.69 Å². The minimum atomic E-state index is -0.851. The highest BCUT2D eigenvalue weighted by molar-refractivity contribution is 5.92. The summed E-state index contributed by atoms with van der Waals surface area (Å²) >= 11 is 0. The van der Waals surface area contributed by atoms with Crippen molar-refractivity contribution < 1.29 is 14.6 Å². The quantitative estimate of drug-likeness (QED) is 0.625. The molecular weight excluding hydrogens is 330 g/mol. The van der Waals surface area contributed by atoms with E-state index in [4.69, 9.17) is 5.26 Å². The second kappa shape index (κ2) is 7.60. The standard InChI is InChI=1S/C15H11N5O5/c16-8-11-3-1-10(2-4-11)5-6-14(21)18-15-13(20(24)25)7-12(9-17-15)19(22)23/h1-4,7,9H,5-6H2,(H,17,18,21). The van der Waals surface area contributed by atoms with Crippen LogP contribution in [0.4, 0.5) is 17.2 Å². The molecule has 0 aliphatic carbocycles. The Hall–Kier alpha value is -3.87. The Bertz CT molecular complexity index is 873. The maximum absolute atomic E-state index is 11.9. The molecule has 0 bridgehead atoms. The third kappa shape index (κ3) is 4.55. The smallest absolute Gasteiger partial charge is 0.305 e. The number of carbonyl (C=O) groups is 1.